The molecular weight excluding hydrogens is 528 g/mol. The summed E-state index contributed by atoms with van der Waals surface area (Å²) >= 11 is 3.58. The highest BCUT2D eigenvalue weighted by Crippen LogP contribution is 2.38. The van der Waals surface area contributed by atoms with E-state index in [4.69, 9.17) is 9.47 Å². The molecule has 0 aliphatic rings. The average Bonchev–Trinajstić information content (AvgIpc) is 2.91. The molecule has 0 unspecified atom stereocenters. The van der Waals surface area contributed by atoms with Crippen molar-refractivity contribution in [3.05, 3.63) is 106 Å². The Hall–Kier alpha value is -4.08. The minimum atomic E-state index is -0.475. The summed E-state index contributed by atoms with van der Waals surface area (Å²) in [6, 6.07) is 27.5. The lowest BCUT2D eigenvalue weighted by molar-refractivity contribution is -0.112. The molecule has 37 heavy (non-hydrogen) atoms. The number of nitrogens with one attached hydrogen (secondary N) is 1. The van der Waals surface area contributed by atoms with Gasteiger partial charge in [0.2, 0.25) is 0 Å². The van der Waals surface area contributed by atoms with E-state index in [1.165, 1.54) is 17.0 Å². The van der Waals surface area contributed by atoms with Gasteiger partial charge in [-0.2, -0.15) is 5.26 Å². The van der Waals surface area contributed by atoms with Crippen molar-refractivity contribution in [1.82, 2.24) is 0 Å². The van der Waals surface area contributed by atoms with Gasteiger partial charge in [-0.25, -0.2) is 0 Å². The van der Waals surface area contributed by atoms with Crippen LogP contribution in [0.25, 0.3) is 16.8 Å². The highest BCUT2D eigenvalue weighted by atomic mass is 79.9. The smallest absolute Gasteiger partial charge is 0.266 e. The van der Waals surface area contributed by atoms with E-state index >= 15 is 0 Å². The van der Waals surface area contributed by atoms with Crippen LogP contribution in [0.3, 0.4) is 0 Å². The van der Waals surface area contributed by atoms with Crippen LogP contribution in [0.5, 0.6) is 11.5 Å². The first kappa shape index (κ1) is 26.0. The number of carbonyl (C=O) groups is 1. The summed E-state index contributed by atoms with van der Waals surface area (Å²) in [6.07, 6.45) is 2.45. The molecule has 0 saturated heterocycles. The highest BCUT2D eigenvalue weighted by molar-refractivity contribution is 9.10. The zero-order valence-corrected chi connectivity index (χ0v) is 22.3. The number of anilines is 1. The number of amides is 1. The summed E-state index contributed by atoms with van der Waals surface area (Å²) < 4.78 is 12.7. The van der Waals surface area contributed by atoms with Crippen LogP contribution in [0.2, 0.25) is 0 Å². The van der Waals surface area contributed by atoms with Crippen molar-refractivity contribution >= 4 is 44.4 Å². The molecule has 186 valence electrons. The molecule has 0 atom stereocenters. The van der Waals surface area contributed by atoms with E-state index in [1.54, 1.807) is 12.1 Å². The van der Waals surface area contributed by atoms with Crippen molar-refractivity contribution in [2.75, 3.05) is 11.9 Å². The van der Waals surface area contributed by atoms with Gasteiger partial charge in [-0.15, -0.1) is 0 Å². The van der Waals surface area contributed by atoms with E-state index in [9.17, 15) is 10.1 Å². The number of fused-ring (bicyclic) bond motifs is 1. The number of halogens is 1. The first-order chi connectivity index (χ1) is 18.0. The van der Waals surface area contributed by atoms with Crippen molar-refractivity contribution in [3.8, 4) is 17.6 Å². The second kappa shape index (κ2) is 12.2. The monoisotopic (exact) mass is 554 g/mol. The molecule has 0 aliphatic carbocycles. The molecule has 4 aromatic carbocycles. The Kier molecular flexibility index (Phi) is 8.60. The van der Waals surface area contributed by atoms with E-state index < -0.39 is 5.91 Å². The van der Waals surface area contributed by atoms with Crippen LogP contribution in [-0.2, 0) is 17.8 Å². The molecule has 6 heteroatoms. The molecule has 0 aliphatic heterocycles. The van der Waals surface area contributed by atoms with Gasteiger partial charge in [-0.05, 0) is 93.1 Å². The molecule has 1 amide bonds. The van der Waals surface area contributed by atoms with Crippen LogP contribution in [0.4, 0.5) is 5.69 Å². The maximum absolute atomic E-state index is 12.7. The summed E-state index contributed by atoms with van der Waals surface area (Å²) in [5.41, 5.74) is 3.47. The first-order valence-electron chi connectivity index (χ1n) is 12.1. The Balaban J connectivity index is 1.54. The first-order valence-corrected chi connectivity index (χ1v) is 12.9. The SMILES string of the molecule is CCOc1cc(/C=C(\C#N)C(=O)Nc2ccc(CC)cc2)cc(Br)c1OCc1ccc2ccccc2c1. The van der Waals surface area contributed by atoms with Gasteiger partial charge in [0.25, 0.3) is 5.91 Å². The minimum Gasteiger partial charge on any atom is -0.490 e. The van der Waals surface area contributed by atoms with Gasteiger partial charge in [0.15, 0.2) is 11.5 Å². The standard InChI is InChI=1S/C31H27BrN2O3/c1-3-21-10-13-27(14-11-21)34-31(35)26(19-33)16-23-17-28(32)30(29(18-23)36-4-2)37-20-22-9-12-24-7-5-6-8-25(24)15-22/h5-18H,3-4,20H2,1-2H3,(H,34,35)/b26-16+. The second-order valence-electron chi connectivity index (χ2n) is 8.41. The van der Waals surface area contributed by atoms with Crippen molar-refractivity contribution < 1.29 is 14.3 Å². The van der Waals surface area contributed by atoms with Crippen molar-refractivity contribution in [2.45, 2.75) is 26.9 Å². The number of rotatable bonds is 9. The second-order valence-corrected chi connectivity index (χ2v) is 9.26. The summed E-state index contributed by atoms with van der Waals surface area (Å²) in [4.78, 5) is 12.7. The molecule has 1 N–H and O–H groups in total. The predicted octanol–water partition coefficient (Wildman–Crippen LogP) is 7.69. The third kappa shape index (κ3) is 6.58. The van der Waals surface area contributed by atoms with Gasteiger partial charge in [-0.3, -0.25) is 4.79 Å². The largest absolute Gasteiger partial charge is 0.490 e. The third-order valence-electron chi connectivity index (χ3n) is 5.82. The lowest BCUT2D eigenvalue weighted by Gasteiger charge is -2.15. The molecule has 0 radical (unpaired) electrons. The Bertz CT molecular complexity index is 1490. The number of aryl methyl sites for hydroxylation is 1. The van der Waals surface area contributed by atoms with Crippen LogP contribution in [0.1, 0.15) is 30.5 Å². The Morgan fingerprint density at radius 1 is 0.946 bits per heavy atom. The topological polar surface area (TPSA) is 71.3 Å². The number of benzene rings is 4. The number of ether oxygens (including phenoxy) is 2. The number of hydrogen-bond donors (Lipinski definition) is 1. The average molecular weight is 555 g/mol. The van der Waals surface area contributed by atoms with Crippen LogP contribution < -0.4 is 14.8 Å². The van der Waals surface area contributed by atoms with E-state index in [2.05, 4.69) is 52.4 Å². The molecule has 0 saturated carbocycles. The Morgan fingerprint density at radius 2 is 1.68 bits per heavy atom. The fraction of sp³-hybridized carbons (Fsp3) is 0.161. The van der Waals surface area contributed by atoms with Gasteiger partial charge in [0, 0.05) is 5.69 Å². The molecular formula is C31H27BrN2O3. The quantitative estimate of drug-likeness (QED) is 0.170. The van der Waals surface area contributed by atoms with Crippen LogP contribution >= 0.6 is 15.9 Å². The fourth-order valence-electron chi connectivity index (χ4n) is 3.90. The third-order valence-corrected chi connectivity index (χ3v) is 6.41. The summed E-state index contributed by atoms with van der Waals surface area (Å²) in [5, 5.41) is 14.8. The molecule has 0 heterocycles. The lowest BCUT2D eigenvalue weighted by Crippen LogP contribution is -2.13. The predicted molar refractivity (Wildman–Crippen MR) is 152 cm³/mol. The normalized spacial score (nSPS) is 11.1. The van der Waals surface area contributed by atoms with E-state index in [-0.39, 0.29) is 5.57 Å². The van der Waals surface area contributed by atoms with E-state index in [1.807, 2.05) is 55.5 Å². The maximum atomic E-state index is 12.7. The summed E-state index contributed by atoms with van der Waals surface area (Å²) in [6.45, 7) is 4.76. The van der Waals surface area contributed by atoms with Crippen molar-refractivity contribution in [2.24, 2.45) is 0 Å². The van der Waals surface area contributed by atoms with Gasteiger partial charge in [0.1, 0.15) is 18.2 Å². The molecule has 0 aromatic heterocycles. The summed E-state index contributed by atoms with van der Waals surface area (Å²) in [7, 11) is 0. The van der Waals surface area contributed by atoms with E-state index in [0.717, 1.165) is 17.4 Å². The Labute approximate surface area is 225 Å². The Morgan fingerprint density at radius 3 is 2.38 bits per heavy atom. The molecule has 0 fully saturated rings. The molecule has 5 nitrogen and oxygen atoms in total. The van der Waals surface area contributed by atoms with Crippen LogP contribution in [0.15, 0.2) is 88.9 Å². The van der Waals surface area contributed by atoms with Crippen LogP contribution in [0, 0.1) is 11.3 Å². The summed E-state index contributed by atoms with van der Waals surface area (Å²) in [5.74, 6) is 0.611. The number of carbonyl (C=O) groups excluding carboxylic acids is 1. The van der Waals surface area contributed by atoms with Gasteiger partial charge < -0.3 is 14.8 Å². The molecule has 4 aromatic rings. The zero-order chi connectivity index (χ0) is 26.2. The van der Waals surface area contributed by atoms with Crippen LogP contribution in [-0.4, -0.2) is 12.5 Å². The fourth-order valence-corrected chi connectivity index (χ4v) is 4.47. The minimum absolute atomic E-state index is 0.0150. The van der Waals surface area contributed by atoms with Gasteiger partial charge in [0.05, 0.1) is 11.1 Å². The van der Waals surface area contributed by atoms with Gasteiger partial charge >= 0.3 is 0 Å². The van der Waals surface area contributed by atoms with Gasteiger partial charge in [-0.1, -0.05) is 55.5 Å². The lowest BCUT2D eigenvalue weighted by atomic mass is 10.1. The molecule has 0 spiro atoms. The maximum Gasteiger partial charge on any atom is 0.266 e. The highest BCUT2D eigenvalue weighted by Gasteiger charge is 2.15. The zero-order valence-electron chi connectivity index (χ0n) is 20.8. The molecule has 0 bridgehead atoms. The number of hydrogen-bond acceptors (Lipinski definition) is 4. The van der Waals surface area contributed by atoms with Crippen molar-refractivity contribution in [1.29, 1.82) is 5.26 Å². The number of nitriles is 1. The van der Waals surface area contributed by atoms with Crippen molar-refractivity contribution in [3.63, 3.8) is 0 Å². The number of nitrogens with zero attached hydrogens (tertiary/aromatic N) is 1. The van der Waals surface area contributed by atoms with E-state index in [0.29, 0.717) is 40.4 Å². The molecule has 4 rings (SSSR count).